The summed E-state index contributed by atoms with van der Waals surface area (Å²) < 4.78 is 14.6. The van der Waals surface area contributed by atoms with Crippen LogP contribution in [0.1, 0.15) is 10.5 Å². The topological polar surface area (TPSA) is 64.0 Å². The van der Waals surface area contributed by atoms with Crippen LogP contribution in [0.5, 0.6) is 0 Å². The Morgan fingerprint density at radius 2 is 2.04 bits per heavy atom. The van der Waals surface area contributed by atoms with Crippen LogP contribution in [0, 0.1) is 5.82 Å². The third kappa shape index (κ3) is 2.93. The quantitative estimate of drug-likeness (QED) is 0.785. The summed E-state index contributed by atoms with van der Waals surface area (Å²) in [5, 5.41) is 7.14. The third-order valence-electron chi connectivity index (χ3n) is 3.31. The first-order valence-electron chi connectivity index (χ1n) is 6.69. The van der Waals surface area contributed by atoms with Gasteiger partial charge in [-0.15, -0.1) is 0 Å². The van der Waals surface area contributed by atoms with Crippen LogP contribution in [0.3, 0.4) is 0 Å². The molecule has 23 heavy (non-hydrogen) atoms. The van der Waals surface area contributed by atoms with E-state index in [-0.39, 0.29) is 11.4 Å². The number of fused-ring (bicyclic) bond motifs is 1. The molecule has 1 amide bonds. The Hall–Kier alpha value is -2.73. The smallest absolute Gasteiger partial charge is 0.280 e. The van der Waals surface area contributed by atoms with Crippen molar-refractivity contribution in [2.75, 3.05) is 5.32 Å². The van der Waals surface area contributed by atoms with Gasteiger partial charge in [-0.1, -0.05) is 17.7 Å². The first-order valence-corrected chi connectivity index (χ1v) is 7.07. The van der Waals surface area contributed by atoms with E-state index < -0.39 is 17.2 Å². The molecular formula is C16H11ClFN3O2. The molecule has 3 rings (SSSR count). The second kappa shape index (κ2) is 5.81. The molecule has 1 heterocycles. The number of rotatable bonds is 2. The second-order valence-electron chi connectivity index (χ2n) is 4.93. The number of nitrogens with zero attached hydrogens (tertiary/aromatic N) is 2. The molecular weight excluding hydrogens is 321 g/mol. The summed E-state index contributed by atoms with van der Waals surface area (Å²) in [6.07, 6.45) is 0. The van der Waals surface area contributed by atoms with Gasteiger partial charge in [0.15, 0.2) is 5.69 Å². The van der Waals surface area contributed by atoms with Crippen molar-refractivity contribution in [1.29, 1.82) is 0 Å². The Labute approximate surface area is 135 Å². The van der Waals surface area contributed by atoms with Crippen molar-refractivity contribution in [1.82, 2.24) is 9.78 Å². The first-order chi connectivity index (χ1) is 11.0. The lowest BCUT2D eigenvalue weighted by Crippen LogP contribution is -2.26. The van der Waals surface area contributed by atoms with E-state index >= 15 is 0 Å². The van der Waals surface area contributed by atoms with Crippen LogP contribution in [-0.4, -0.2) is 15.7 Å². The van der Waals surface area contributed by atoms with Crippen LogP contribution in [0.4, 0.5) is 10.1 Å². The number of aromatic nitrogens is 2. The van der Waals surface area contributed by atoms with Gasteiger partial charge in [-0.05, 0) is 36.4 Å². The number of hydrogen-bond acceptors (Lipinski definition) is 3. The molecule has 3 aromatic rings. The van der Waals surface area contributed by atoms with E-state index in [4.69, 9.17) is 11.6 Å². The molecule has 7 heteroatoms. The zero-order valence-electron chi connectivity index (χ0n) is 12.0. The largest absolute Gasteiger partial charge is 0.320 e. The third-order valence-corrected chi connectivity index (χ3v) is 3.55. The van der Waals surface area contributed by atoms with Crippen LogP contribution in [-0.2, 0) is 7.05 Å². The zero-order chi connectivity index (χ0) is 16.6. The number of hydrogen-bond donors (Lipinski definition) is 1. The van der Waals surface area contributed by atoms with E-state index in [0.717, 1.165) is 6.07 Å². The van der Waals surface area contributed by atoms with Crippen LogP contribution in [0.25, 0.3) is 10.9 Å². The summed E-state index contributed by atoms with van der Waals surface area (Å²) in [7, 11) is 1.62. The van der Waals surface area contributed by atoms with Gasteiger partial charge in [0.25, 0.3) is 5.91 Å². The maximum Gasteiger partial charge on any atom is 0.280 e. The molecule has 0 saturated heterocycles. The lowest BCUT2D eigenvalue weighted by molar-refractivity contribution is 0.101. The first kappa shape index (κ1) is 15.2. The summed E-state index contributed by atoms with van der Waals surface area (Å²) in [4.78, 5) is 24.7. The number of aryl methyl sites for hydroxylation is 1. The maximum absolute atomic E-state index is 13.2. The molecule has 0 saturated carbocycles. The van der Waals surface area contributed by atoms with Crippen LogP contribution in [0.2, 0.25) is 5.02 Å². The SMILES string of the molecule is Cn1nc(C(=O)Nc2cccc(F)c2)c(=O)c2cc(Cl)ccc21. The highest BCUT2D eigenvalue weighted by molar-refractivity contribution is 6.31. The molecule has 5 nitrogen and oxygen atoms in total. The number of anilines is 1. The number of benzene rings is 2. The fraction of sp³-hybridized carbons (Fsp3) is 0.0625. The highest BCUT2D eigenvalue weighted by Crippen LogP contribution is 2.16. The van der Waals surface area contributed by atoms with E-state index in [0.29, 0.717) is 15.9 Å². The Kier molecular flexibility index (Phi) is 3.83. The Bertz CT molecular complexity index is 985. The molecule has 0 fully saturated rings. The summed E-state index contributed by atoms with van der Waals surface area (Å²) in [6, 6.07) is 10.2. The van der Waals surface area contributed by atoms with Crippen molar-refractivity contribution >= 4 is 34.1 Å². The molecule has 0 aliphatic carbocycles. The van der Waals surface area contributed by atoms with E-state index in [1.54, 1.807) is 19.2 Å². The van der Waals surface area contributed by atoms with Crippen LogP contribution < -0.4 is 10.7 Å². The Morgan fingerprint density at radius 3 is 2.78 bits per heavy atom. The van der Waals surface area contributed by atoms with E-state index in [1.807, 2.05) is 0 Å². The Morgan fingerprint density at radius 1 is 1.26 bits per heavy atom. The number of halogens is 2. The summed E-state index contributed by atoms with van der Waals surface area (Å²) in [5.74, 6) is -1.20. The normalized spacial score (nSPS) is 10.7. The van der Waals surface area contributed by atoms with Crippen LogP contribution >= 0.6 is 11.6 Å². The summed E-state index contributed by atoms with van der Waals surface area (Å²) >= 11 is 5.91. The molecule has 2 aromatic carbocycles. The van der Waals surface area contributed by atoms with Crippen molar-refractivity contribution in [2.24, 2.45) is 7.05 Å². The average molecular weight is 332 g/mol. The predicted molar refractivity (Wildman–Crippen MR) is 86.3 cm³/mol. The molecule has 0 atom stereocenters. The van der Waals surface area contributed by atoms with E-state index in [2.05, 4.69) is 10.4 Å². The molecule has 116 valence electrons. The van der Waals surface area contributed by atoms with Gasteiger partial charge in [-0.25, -0.2) is 4.39 Å². The molecule has 0 spiro atoms. The number of amides is 1. The fourth-order valence-electron chi connectivity index (χ4n) is 2.25. The minimum absolute atomic E-state index is 0.241. The minimum Gasteiger partial charge on any atom is -0.320 e. The lowest BCUT2D eigenvalue weighted by atomic mass is 10.2. The van der Waals surface area contributed by atoms with Gasteiger partial charge in [0, 0.05) is 17.8 Å². The van der Waals surface area contributed by atoms with Gasteiger partial charge in [-0.2, -0.15) is 5.10 Å². The zero-order valence-corrected chi connectivity index (χ0v) is 12.8. The number of nitrogens with one attached hydrogen (secondary N) is 1. The van der Waals surface area contributed by atoms with Gasteiger partial charge in [0.1, 0.15) is 5.82 Å². The van der Waals surface area contributed by atoms with Gasteiger partial charge in [0.05, 0.1) is 10.9 Å². The van der Waals surface area contributed by atoms with Crippen molar-refractivity contribution in [3.05, 3.63) is 69.2 Å². The van der Waals surface area contributed by atoms with Gasteiger partial charge >= 0.3 is 0 Å². The van der Waals surface area contributed by atoms with Crippen molar-refractivity contribution < 1.29 is 9.18 Å². The minimum atomic E-state index is -0.710. The summed E-state index contributed by atoms with van der Waals surface area (Å²) in [5.41, 5.74) is -0.0206. The van der Waals surface area contributed by atoms with Gasteiger partial charge < -0.3 is 5.32 Å². The Balaban J connectivity index is 2.07. The monoisotopic (exact) mass is 331 g/mol. The molecule has 1 aromatic heterocycles. The standard InChI is InChI=1S/C16H11ClFN3O2/c1-21-13-6-5-9(17)7-12(13)15(22)14(20-21)16(23)19-11-4-2-3-10(18)8-11/h2-8H,1H3,(H,19,23). The highest BCUT2D eigenvalue weighted by Gasteiger charge is 2.17. The lowest BCUT2D eigenvalue weighted by Gasteiger charge is -2.09. The van der Waals surface area contributed by atoms with Gasteiger partial charge in [-0.3, -0.25) is 14.3 Å². The molecule has 0 radical (unpaired) electrons. The molecule has 0 bridgehead atoms. The second-order valence-corrected chi connectivity index (χ2v) is 5.36. The predicted octanol–water partition coefficient (Wildman–Crippen LogP) is 2.98. The number of carbonyl (C=O) groups excluding carboxylic acids is 1. The molecule has 0 aliphatic rings. The van der Waals surface area contributed by atoms with Gasteiger partial charge in [0.2, 0.25) is 5.43 Å². The fourth-order valence-corrected chi connectivity index (χ4v) is 2.43. The van der Waals surface area contributed by atoms with Crippen molar-refractivity contribution in [3.63, 3.8) is 0 Å². The molecule has 0 unspecified atom stereocenters. The maximum atomic E-state index is 13.2. The number of carbonyl (C=O) groups is 1. The van der Waals surface area contributed by atoms with Crippen molar-refractivity contribution in [3.8, 4) is 0 Å². The molecule has 0 aliphatic heterocycles. The van der Waals surface area contributed by atoms with Crippen molar-refractivity contribution in [2.45, 2.75) is 0 Å². The van der Waals surface area contributed by atoms with Crippen LogP contribution in [0.15, 0.2) is 47.3 Å². The summed E-state index contributed by atoms with van der Waals surface area (Å²) in [6.45, 7) is 0. The average Bonchev–Trinajstić information content (AvgIpc) is 2.50. The van der Waals surface area contributed by atoms with E-state index in [1.165, 1.54) is 28.9 Å². The van der Waals surface area contributed by atoms with E-state index in [9.17, 15) is 14.0 Å². The molecule has 1 N–H and O–H groups in total. The highest BCUT2D eigenvalue weighted by atomic mass is 35.5.